The lowest BCUT2D eigenvalue weighted by atomic mass is 10.2. The summed E-state index contributed by atoms with van der Waals surface area (Å²) in [5.41, 5.74) is 0.574. The van der Waals surface area contributed by atoms with Crippen LogP contribution < -0.4 is 0 Å². The van der Waals surface area contributed by atoms with E-state index in [0.29, 0.717) is 10.5 Å². The first-order chi connectivity index (χ1) is 5.56. The van der Waals surface area contributed by atoms with Gasteiger partial charge in [0.05, 0.1) is 10.6 Å². The Labute approximate surface area is 73.2 Å². The van der Waals surface area contributed by atoms with Gasteiger partial charge in [-0.3, -0.25) is 0 Å². The fourth-order valence-corrected chi connectivity index (χ4v) is 1.73. The maximum atomic E-state index is 11.3. The van der Waals surface area contributed by atoms with Crippen LogP contribution in [0, 0.1) is 6.92 Å². The van der Waals surface area contributed by atoms with Crippen molar-refractivity contribution >= 4 is 9.84 Å². The standard InChI is InChI=1S/C9H10O2S/c1-3-12(10,11)9-6-4-8(2)5-7-9/h2,4-7H,3H2,1H3. The second kappa shape index (κ2) is 3.27. The van der Waals surface area contributed by atoms with Crippen LogP contribution >= 0.6 is 0 Å². The first-order valence-electron chi connectivity index (χ1n) is 3.64. The normalized spacial score (nSPS) is 11.5. The van der Waals surface area contributed by atoms with Gasteiger partial charge in [-0.1, -0.05) is 19.1 Å². The van der Waals surface area contributed by atoms with Gasteiger partial charge in [-0.15, -0.1) is 0 Å². The molecule has 3 heteroatoms. The van der Waals surface area contributed by atoms with Crippen molar-refractivity contribution in [2.24, 2.45) is 0 Å². The molecule has 0 spiro atoms. The summed E-state index contributed by atoms with van der Waals surface area (Å²) in [4.78, 5) is 0.333. The van der Waals surface area contributed by atoms with Crippen molar-refractivity contribution in [3.63, 3.8) is 0 Å². The predicted octanol–water partition coefficient (Wildman–Crippen LogP) is 1.54. The van der Waals surface area contributed by atoms with E-state index >= 15 is 0 Å². The van der Waals surface area contributed by atoms with Gasteiger partial charge >= 0.3 is 0 Å². The van der Waals surface area contributed by atoms with Gasteiger partial charge in [0.15, 0.2) is 9.84 Å². The van der Waals surface area contributed by atoms with Crippen LogP contribution in [0.25, 0.3) is 0 Å². The smallest absolute Gasteiger partial charge is 0.178 e. The largest absolute Gasteiger partial charge is 0.224 e. The summed E-state index contributed by atoms with van der Waals surface area (Å²) in [5, 5.41) is 0. The first kappa shape index (κ1) is 9.26. The van der Waals surface area contributed by atoms with Crippen molar-refractivity contribution in [2.75, 3.05) is 5.75 Å². The van der Waals surface area contributed by atoms with E-state index < -0.39 is 9.84 Å². The summed E-state index contributed by atoms with van der Waals surface area (Å²) < 4.78 is 22.5. The number of hydrogen-bond acceptors (Lipinski definition) is 2. The fourth-order valence-electron chi connectivity index (χ4n) is 0.842. The Bertz CT molecular complexity index is 349. The Balaban J connectivity index is 3.14. The lowest BCUT2D eigenvalue weighted by Gasteiger charge is -2.00. The van der Waals surface area contributed by atoms with E-state index in [1.165, 1.54) is 12.1 Å². The predicted molar refractivity (Wildman–Crippen MR) is 47.6 cm³/mol. The molecule has 1 rings (SSSR count). The van der Waals surface area contributed by atoms with Gasteiger partial charge in [0.25, 0.3) is 0 Å². The van der Waals surface area contributed by atoms with Crippen LogP contribution in [0.3, 0.4) is 0 Å². The molecule has 0 heterocycles. The molecule has 64 valence electrons. The maximum absolute atomic E-state index is 11.3. The van der Waals surface area contributed by atoms with Gasteiger partial charge in [-0.25, -0.2) is 8.42 Å². The third-order valence-electron chi connectivity index (χ3n) is 1.62. The molecule has 2 nitrogen and oxygen atoms in total. The molecule has 0 bridgehead atoms. The van der Waals surface area contributed by atoms with Crippen LogP contribution in [0.4, 0.5) is 0 Å². The van der Waals surface area contributed by atoms with Gasteiger partial charge < -0.3 is 0 Å². The second-order valence-corrected chi connectivity index (χ2v) is 4.75. The summed E-state index contributed by atoms with van der Waals surface area (Å²) in [6, 6.07) is 6.22. The average Bonchev–Trinajstić information content (AvgIpc) is 2.05. The lowest BCUT2D eigenvalue weighted by Crippen LogP contribution is -2.02. The molecule has 1 aromatic carbocycles. The molecule has 2 radical (unpaired) electrons. The SMILES string of the molecule is [CH]c1ccc(S(=O)(=O)CC)cc1. The minimum Gasteiger partial charge on any atom is -0.224 e. The second-order valence-electron chi connectivity index (χ2n) is 2.47. The third kappa shape index (κ3) is 1.85. The molecule has 0 saturated heterocycles. The van der Waals surface area contributed by atoms with Crippen molar-refractivity contribution in [1.29, 1.82) is 0 Å². The molecule has 1 aromatic rings. The zero-order valence-corrected chi connectivity index (χ0v) is 7.64. The van der Waals surface area contributed by atoms with Gasteiger partial charge in [-0.05, 0) is 24.6 Å². The van der Waals surface area contributed by atoms with Crippen LogP contribution in [0.1, 0.15) is 12.5 Å². The van der Waals surface area contributed by atoms with E-state index in [0.717, 1.165) is 0 Å². The fraction of sp³-hybridized carbons (Fsp3) is 0.222. The highest BCUT2D eigenvalue weighted by Crippen LogP contribution is 2.11. The number of benzene rings is 1. The monoisotopic (exact) mass is 182 g/mol. The number of rotatable bonds is 2. The van der Waals surface area contributed by atoms with Crippen LogP contribution in [0.15, 0.2) is 29.2 Å². The van der Waals surface area contributed by atoms with Gasteiger partial charge in [0.2, 0.25) is 0 Å². The number of sulfone groups is 1. The van der Waals surface area contributed by atoms with E-state index in [2.05, 4.69) is 0 Å². The molecule has 0 atom stereocenters. The summed E-state index contributed by atoms with van der Waals surface area (Å²) in [6.07, 6.45) is 0. The minimum absolute atomic E-state index is 0.122. The Morgan fingerprint density at radius 2 is 1.75 bits per heavy atom. The summed E-state index contributed by atoms with van der Waals surface area (Å²) >= 11 is 0. The van der Waals surface area contributed by atoms with E-state index in [4.69, 9.17) is 6.92 Å². The molecule has 0 aliphatic carbocycles. The molecular formula is C9H10O2S. The zero-order chi connectivity index (χ0) is 9.19. The highest BCUT2D eigenvalue weighted by molar-refractivity contribution is 7.91. The van der Waals surface area contributed by atoms with E-state index in [1.807, 2.05) is 0 Å². The van der Waals surface area contributed by atoms with Crippen molar-refractivity contribution in [2.45, 2.75) is 11.8 Å². The molecular weight excluding hydrogens is 172 g/mol. The third-order valence-corrected chi connectivity index (χ3v) is 3.37. The molecule has 0 aromatic heterocycles. The summed E-state index contributed by atoms with van der Waals surface area (Å²) in [6.45, 7) is 7.03. The molecule has 0 saturated carbocycles. The lowest BCUT2D eigenvalue weighted by molar-refractivity contribution is 0.597. The average molecular weight is 182 g/mol. The molecule has 12 heavy (non-hydrogen) atoms. The number of hydrogen-bond donors (Lipinski definition) is 0. The van der Waals surface area contributed by atoms with Crippen molar-refractivity contribution in [3.8, 4) is 0 Å². The molecule has 0 unspecified atom stereocenters. The molecule has 0 amide bonds. The maximum Gasteiger partial charge on any atom is 0.178 e. The molecule has 0 aliphatic heterocycles. The Kier molecular flexibility index (Phi) is 2.52. The van der Waals surface area contributed by atoms with Crippen LogP contribution in [-0.4, -0.2) is 14.2 Å². The Morgan fingerprint density at radius 3 is 2.17 bits per heavy atom. The topological polar surface area (TPSA) is 34.1 Å². The van der Waals surface area contributed by atoms with Gasteiger partial charge in [-0.2, -0.15) is 0 Å². The first-order valence-corrected chi connectivity index (χ1v) is 5.30. The van der Waals surface area contributed by atoms with Crippen molar-refractivity contribution in [1.82, 2.24) is 0 Å². The van der Waals surface area contributed by atoms with E-state index in [-0.39, 0.29) is 5.75 Å². The van der Waals surface area contributed by atoms with Gasteiger partial charge in [0, 0.05) is 0 Å². The Morgan fingerprint density at radius 1 is 1.25 bits per heavy atom. The Hall–Kier alpha value is -0.830. The molecule has 0 fully saturated rings. The van der Waals surface area contributed by atoms with Crippen LogP contribution in [-0.2, 0) is 9.84 Å². The highest BCUT2D eigenvalue weighted by Gasteiger charge is 2.09. The van der Waals surface area contributed by atoms with E-state index in [1.54, 1.807) is 19.1 Å². The van der Waals surface area contributed by atoms with Crippen molar-refractivity contribution in [3.05, 3.63) is 36.8 Å². The van der Waals surface area contributed by atoms with Crippen molar-refractivity contribution < 1.29 is 8.42 Å². The van der Waals surface area contributed by atoms with E-state index in [9.17, 15) is 8.42 Å². The van der Waals surface area contributed by atoms with Gasteiger partial charge in [0.1, 0.15) is 0 Å². The zero-order valence-electron chi connectivity index (χ0n) is 6.82. The quantitative estimate of drug-likeness (QED) is 0.695. The summed E-state index contributed by atoms with van der Waals surface area (Å²) in [5.74, 6) is 0.122. The minimum atomic E-state index is -3.07. The van der Waals surface area contributed by atoms with Crippen LogP contribution in [0.2, 0.25) is 0 Å². The molecule has 0 aliphatic rings. The molecule has 0 N–H and O–H groups in total. The summed E-state index contributed by atoms with van der Waals surface area (Å²) in [7, 11) is -3.07. The highest BCUT2D eigenvalue weighted by atomic mass is 32.2. The van der Waals surface area contributed by atoms with Crippen LogP contribution in [0.5, 0.6) is 0 Å².